The Kier molecular flexibility index (Phi) is 3.36. The van der Waals surface area contributed by atoms with Gasteiger partial charge in [0.15, 0.2) is 0 Å². The number of nitrogens with one attached hydrogen (secondary N) is 1. The first-order chi connectivity index (χ1) is 7.13. The van der Waals surface area contributed by atoms with Gasteiger partial charge in [-0.1, -0.05) is 27.2 Å². The van der Waals surface area contributed by atoms with Gasteiger partial charge < -0.3 is 5.32 Å². The van der Waals surface area contributed by atoms with Gasteiger partial charge in [-0.25, -0.2) is 0 Å². The summed E-state index contributed by atoms with van der Waals surface area (Å²) in [4.78, 5) is 2.75. The van der Waals surface area contributed by atoms with Crippen LogP contribution in [0.1, 0.15) is 46.5 Å². The van der Waals surface area contributed by atoms with Crippen molar-refractivity contribution in [1.82, 2.24) is 10.2 Å². The van der Waals surface area contributed by atoms with Crippen LogP contribution in [-0.4, -0.2) is 36.6 Å². The molecule has 2 nitrogen and oxygen atoms in total. The van der Waals surface area contributed by atoms with E-state index in [2.05, 4.69) is 31.0 Å². The molecule has 0 bridgehead atoms. The smallest absolute Gasteiger partial charge is 0.0193 e. The first-order valence-corrected chi connectivity index (χ1v) is 6.61. The van der Waals surface area contributed by atoms with Crippen LogP contribution in [0.15, 0.2) is 0 Å². The standard InChI is InChI=1S/C13H26N2/c1-4-11-10-15(9-8-14-11)12-6-5-7-13(12,2)3/h11-12,14H,4-10H2,1-3H3. The SMILES string of the molecule is CCC1CN(C2CCCC2(C)C)CCN1. The van der Waals surface area contributed by atoms with Crippen molar-refractivity contribution in [1.29, 1.82) is 0 Å². The Morgan fingerprint density at radius 2 is 2.20 bits per heavy atom. The Labute approximate surface area is 94.4 Å². The van der Waals surface area contributed by atoms with E-state index in [-0.39, 0.29) is 0 Å². The molecule has 0 spiro atoms. The third kappa shape index (κ3) is 2.36. The Balaban J connectivity index is 1.97. The second-order valence-corrected chi connectivity index (χ2v) is 5.95. The molecule has 1 aliphatic heterocycles. The summed E-state index contributed by atoms with van der Waals surface area (Å²) in [5.41, 5.74) is 0.551. The molecule has 1 heterocycles. The van der Waals surface area contributed by atoms with Gasteiger partial charge in [-0.3, -0.25) is 4.90 Å². The van der Waals surface area contributed by atoms with E-state index in [1.165, 1.54) is 45.3 Å². The van der Waals surface area contributed by atoms with Crippen molar-refractivity contribution in [2.45, 2.75) is 58.5 Å². The number of rotatable bonds is 2. The quantitative estimate of drug-likeness (QED) is 0.752. The fourth-order valence-corrected chi connectivity index (χ4v) is 3.39. The molecule has 0 amide bonds. The van der Waals surface area contributed by atoms with E-state index in [1.54, 1.807) is 0 Å². The van der Waals surface area contributed by atoms with Gasteiger partial charge in [0.25, 0.3) is 0 Å². The van der Waals surface area contributed by atoms with Crippen molar-refractivity contribution < 1.29 is 0 Å². The maximum absolute atomic E-state index is 3.61. The molecular weight excluding hydrogens is 184 g/mol. The lowest BCUT2D eigenvalue weighted by atomic mass is 9.86. The van der Waals surface area contributed by atoms with E-state index in [9.17, 15) is 0 Å². The van der Waals surface area contributed by atoms with Gasteiger partial charge in [0, 0.05) is 31.7 Å². The van der Waals surface area contributed by atoms with Crippen LogP contribution in [-0.2, 0) is 0 Å². The van der Waals surface area contributed by atoms with Crippen molar-refractivity contribution in [2.75, 3.05) is 19.6 Å². The minimum Gasteiger partial charge on any atom is -0.311 e. The van der Waals surface area contributed by atoms with Crippen LogP contribution in [0.4, 0.5) is 0 Å². The molecule has 2 atom stereocenters. The molecular formula is C13H26N2. The lowest BCUT2D eigenvalue weighted by molar-refractivity contribution is 0.0807. The van der Waals surface area contributed by atoms with Crippen LogP contribution in [0.25, 0.3) is 0 Å². The van der Waals surface area contributed by atoms with Crippen LogP contribution in [0, 0.1) is 5.41 Å². The van der Waals surface area contributed by atoms with Gasteiger partial charge in [-0.15, -0.1) is 0 Å². The molecule has 2 aliphatic rings. The van der Waals surface area contributed by atoms with E-state index in [0.29, 0.717) is 5.41 Å². The van der Waals surface area contributed by atoms with E-state index in [0.717, 1.165) is 12.1 Å². The average Bonchev–Trinajstić information content (AvgIpc) is 2.58. The van der Waals surface area contributed by atoms with Gasteiger partial charge in [0.1, 0.15) is 0 Å². The first kappa shape index (κ1) is 11.4. The van der Waals surface area contributed by atoms with Crippen LogP contribution < -0.4 is 5.32 Å². The molecule has 88 valence electrons. The zero-order valence-corrected chi connectivity index (χ0v) is 10.6. The Morgan fingerprint density at radius 1 is 1.40 bits per heavy atom. The first-order valence-electron chi connectivity index (χ1n) is 6.61. The highest BCUT2D eigenvalue weighted by Gasteiger charge is 2.39. The third-order valence-corrected chi connectivity index (χ3v) is 4.42. The summed E-state index contributed by atoms with van der Waals surface area (Å²) in [5.74, 6) is 0. The lowest BCUT2D eigenvalue weighted by Gasteiger charge is -2.42. The molecule has 0 radical (unpaired) electrons. The van der Waals surface area contributed by atoms with E-state index < -0.39 is 0 Å². The minimum absolute atomic E-state index is 0.551. The molecule has 1 saturated carbocycles. The fraction of sp³-hybridized carbons (Fsp3) is 1.00. The summed E-state index contributed by atoms with van der Waals surface area (Å²) >= 11 is 0. The van der Waals surface area contributed by atoms with Gasteiger partial charge in [0.05, 0.1) is 0 Å². The molecule has 2 heteroatoms. The topological polar surface area (TPSA) is 15.3 Å². The van der Waals surface area contributed by atoms with Gasteiger partial charge in [0.2, 0.25) is 0 Å². The highest BCUT2D eigenvalue weighted by atomic mass is 15.2. The summed E-state index contributed by atoms with van der Waals surface area (Å²) < 4.78 is 0. The van der Waals surface area contributed by atoms with E-state index >= 15 is 0 Å². The van der Waals surface area contributed by atoms with Crippen LogP contribution in [0.5, 0.6) is 0 Å². The molecule has 1 aliphatic carbocycles. The monoisotopic (exact) mass is 210 g/mol. The summed E-state index contributed by atoms with van der Waals surface area (Å²) in [6.07, 6.45) is 5.53. The van der Waals surface area contributed by atoms with Gasteiger partial charge >= 0.3 is 0 Å². The van der Waals surface area contributed by atoms with Crippen molar-refractivity contribution in [2.24, 2.45) is 5.41 Å². The highest BCUT2D eigenvalue weighted by Crippen LogP contribution is 2.40. The predicted octanol–water partition coefficient (Wildman–Crippen LogP) is 2.25. The Hall–Kier alpha value is -0.0800. The Morgan fingerprint density at radius 3 is 2.80 bits per heavy atom. The molecule has 0 aromatic heterocycles. The highest BCUT2D eigenvalue weighted by molar-refractivity contribution is 4.94. The largest absolute Gasteiger partial charge is 0.311 e. The fourth-order valence-electron chi connectivity index (χ4n) is 3.39. The van der Waals surface area contributed by atoms with E-state index in [1.807, 2.05) is 0 Å². The zero-order chi connectivity index (χ0) is 10.9. The molecule has 1 saturated heterocycles. The maximum Gasteiger partial charge on any atom is 0.0193 e. The van der Waals surface area contributed by atoms with E-state index in [4.69, 9.17) is 0 Å². The van der Waals surface area contributed by atoms with Crippen LogP contribution >= 0.6 is 0 Å². The number of piperazine rings is 1. The number of hydrogen-bond donors (Lipinski definition) is 1. The second kappa shape index (κ2) is 4.42. The number of nitrogens with zero attached hydrogens (tertiary/aromatic N) is 1. The lowest BCUT2D eigenvalue weighted by Crippen LogP contribution is -2.55. The van der Waals surface area contributed by atoms with Crippen molar-refractivity contribution in [3.05, 3.63) is 0 Å². The zero-order valence-electron chi connectivity index (χ0n) is 10.6. The van der Waals surface area contributed by atoms with Gasteiger partial charge in [-0.05, 0) is 24.7 Å². The van der Waals surface area contributed by atoms with Crippen LogP contribution in [0.2, 0.25) is 0 Å². The molecule has 2 unspecified atom stereocenters. The molecule has 15 heavy (non-hydrogen) atoms. The average molecular weight is 210 g/mol. The molecule has 2 rings (SSSR count). The van der Waals surface area contributed by atoms with Crippen LogP contribution in [0.3, 0.4) is 0 Å². The second-order valence-electron chi connectivity index (χ2n) is 5.95. The summed E-state index contributed by atoms with van der Waals surface area (Å²) in [5, 5.41) is 3.61. The minimum atomic E-state index is 0.551. The summed E-state index contributed by atoms with van der Waals surface area (Å²) in [7, 11) is 0. The Bertz CT molecular complexity index is 213. The van der Waals surface area contributed by atoms with Crippen molar-refractivity contribution >= 4 is 0 Å². The number of hydrogen-bond acceptors (Lipinski definition) is 2. The summed E-state index contributed by atoms with van der Waals surface area (Å²) in [6, 6.07) is 1.57. The maximum atomic E-state index is 3.61. The third-order valence-electron chi connectivity index (χ3n) is 4.42. The molecule has 0 aromatic rings. The predicted molar refractivity (Wildman–Crippen MR) is 65.1 cm³/mol. The van der Waals surface area contributed by atoms with Gasteiger partial charge in [-0.2, -0.15) is 0 Å². The van der Waals surface area contributed by atoms with Crippen molar-refractivity contribution in [3.8, 4) is 0 Å². The van der Waals surface area contributed by atoms with Crippen molar-refractivity contribution in [3.63, 3.8) is 0 Å². The molecule has 2 fully saturated rings. The summed E-state index contributed by atoms with van der Waals surface area (Å²) in [6.45, 7) is 10.9. The normalized spacial score (nSPS) is 37.0. The molecule has 1 N–H and O–H groups in total. The molecule has 0 aromatic carbocycles.